The predicted molar refractivity (Wildman–Crippen MR) is 136 cm³/mol. The van der Waals surface area contributed by atoms with Crippen molar-refractivity contribution in [1.29, 1.82) is 5.26 Å². The molecule has 0 fully saturated rings. The number of carbonyl (C=O) groups is 2. The van der Waals surface area contributed by atoms with Gasteiger partial charge in [-0.3, -0.25) is 4.79 Å². The standard InChI is InChI=1S/C26H24ClN3O3S/c1-4-12-33-26(32)23-17(3)29-25(21(14-28)24(23)18-8-10-19(27)11-9-18)34-15-22(31)30-20-7-5-6-16(2)13-20/h4-11,13,24,29H,1,12,15H2,2-3H3,(H,30,31)/t24-/m0/s1. The number of dihydropyridines is 1. The Labute approximate surface area is 208 Å². The number of nitrogens with one attached hydrogen (secondary N) is 2. The maximum atomic E-state index is 12.9. The van der Waals surface area contributed by atoms with E-state index in [-0.39, 0.29) is 18.3 Å². The Hall–Kier alpha value is -3.47. The van der Waals surface area contributed by atoms with Crippen molar-refractivity contribution in [1.82, 2.24) is 5.32 Å². The van der Waals surface area contributed by atoms with E-state index in [1.54, 1.807) is 31.2 Å². The van der Waals surface area contributed by atoms with Gasteiger partial charge in [-0.2, -0.15) is 5.26 Å². The lowest BCUT2D eigenvalue weighted by molar-refractivity contribution is -0.138. The fraction of sp³-hybridized carbons (Fsp3) is 0.192. The van der Waals surface area contributed by atoms with Gasteiger partial charge in [-0.15, -0.1) is 0 Å². The molecule has 174 valence electrons. The minimum Gasteiger partial charge on any atom is -0.458 e. The zero-order valence-electron chi connectivity index (χ0n) is 18.9. The number of amides is 1. The summed E-state index contributed by atoms with van der Waals surface area (Å²) in [5, 5.41) is 17.1. The molecule has 3 rings (SSSR count). The van der Waals surface area contributed by atoms with E-state index in [4.69, 9.17) is 16.3 Å². The molecule has 1 atom stereocenters. The van der Waals surface area contributed by atoms with E-state index in [1.165, 1.54) is 17.8 Å². The number of aryl methyl sites for hydroxylation is 1. The number of anilines is 1. The number of halogens is 1. The first kappa shape index (κ1) is 25.2. The lowest BCUT2D eigenvalue weighted by Crippen LogP contribution is -2.29. The number of allylic oxidation sites excluding steroid dienone is 2. The van der Waals surface area contributed by atoms with Crippen molar-refractivity contribution >= 4 is 40.9 Å². The Morgan fingerprint density at radius 1 is 1.26 bits per heavy atom. The number of rotatable bonds is 8. The largest absolute Gasteiger partial charge is 0.458 e. The van der Waals surface area contributed by atoms with Crippen molar-refractivity contribution in [3.05, 3.63) is 99.2 Å². The van der Waals surface area contributed by atoms with Crippen LogP contribution in [0.1, 0.15) is 24.0 Å². The van der Waals surface area contributed by atoms with Crippen LogP contribution < -0.4 is 10.6 Å². The van der Waals surface area contributed by atoms with Crippen LogP contribution in [0.4, 0.5) is 5.69 Å². The second-order valence-electron chi connectivity index (χ2n) is 7.60. The van der Waals surface area contributed by atoms with Gasteiger partial charge in [-0.1, -0.05) is 60.3 Å². The zero-order chi connectivity index (χ0) is 24.7. The summed E-state index contributed by atoms with van der Waals surface area (Å²) in [4.78, 5) is 25.4. The number of nitriles is 1. The summed E-state index contributed by atoms with van der Waals surface area (Å²) in [6.07, 6.45) is 1.48. The molecule has 8 heteroatoms. The lowest BCUT2D eigenvalue weighted by Gasteiger charge is -2.29. The Morgan fingerprint density at radius 3 is 2.65 bits per heavy atom. The van der Waals surface area contributed by atoms with Crippen molar-refractivity contribution in [2.24, 2.45) is 0 Å². The summed E-state index contributed by atoms with van der Waals surface area (Å²) in [5.74, 6) is -1.33. The summed E-state index contributed by atoms with van der Waals surface area (Å²) in [7, 11) is 0. The van der Waals surface area contributed by atoms with E-state index in [0.717, 1.165) is 11.1 Å². The van der Waals surface area contributed by atoms with Crippen LogP contribution in [0.25, 0.3) is 0 Å². The highest BCUT2D eigenvalue weighted by Crippen LogP contribution is 2.41. The van der Waals surface area contributed by atoms with Crippen LogP contribution in [-0.4, -0.2) is 24.2 Å². The van der Waals surface area contributed by atoms with Crippen molar-refractivity contribution in [3.8, 4) is 6.07 Å². The molecule has 2 aromatic carbocycles. The van der Waals surface area contributed by atoms with Crippen molar-refractivity contribution < 1.29 is 14.3 Å². The third-order valence-corrected chi connectivity index (χ3v) is 6.32. The smallest absolute Gasteiger partial charge is 0.337 e. The average Bonchev–Trinajstić information content (AvgIpc) is 2.81. The molecule has 1 heterocycles. The van der Waals surface area contributed by atoms with E-state index in [0.29, 0.717) is 32.6 Å². The number of hydrogen-bond donors (Lipinski definition) is 2. The molecule has 1 aliphatic rings. The molecule has 1 amide bonds. The molecule has 0 unspecified atom stereocenters. The third kappa shape index (κ3) is 6.10. The number of benzene rings is 2. The summed E-state index contributed by atoms with van der Waals surface area (Å²) >= 11 is 7.26. The van der Waals surface area contributed by atoms with Gasteiger partial charge in [0.1, 0.15) is 6.61 Å². The Kier molecular flexibility index (Phi) is 8.58. The molecule has 34 heavy (non-hydrogen) atoms. The van der Waals surface area contributed by atoms with Gasteiger partial charge < -0.3 is 15.4 Å². The highest BCUT2D eigenvalue weighted by Gasteiger charge is 2.35. The number of carbonyl (C=O) groups excluding carboxylic acids is 2. The zero-order valence-corrected chi connectivity index (χ0v) is 20.4. The van der Waals surface area contributed by atoms with Crippen molar-refractivity contribution in [2.75, 3.05) is 17.7 Å². The topological polar surface area (TPSA) is 91.2 Å². The minimum atomic E-state index is -0.664. The highest BCUT2D eigenvalue weighted by molar-refractivity contribution is 8.03. The SMILES string of the molecule is C=CCOC(=O)C1=C(C)NC(SCC(=O)Nc2cccc(C)c2)=C(C#N)[C@@H]1c1ccc(Cl)cc1. The predicted octanol–water partition coefficient (Wildman–Crippen LogP) is 5.45. The number of nitrogens with zero attached hydrogens (tertiary/aromatic N) is 1. The van der Waals surface area contributed by atoms with Crippen LogP contribution in [0.3, 0.4) is 0 Å². The van der Waals surface area contributed by atoms with Crippen LogP contribution in [0.5, 0.6) is 0 Å². The lowest BCUT2D eigenvalue weighted by atomic mass is 9.82. The molecule has 2 N–H and O–H groups in total. The van der Waals surface area contributed by atoms with Gasteiger partial charge in [0.15, 0.2) is 0 Å². The first-order valence-electron chi connectivity index (χ1n) is 10.5. The molecule has 0 bridgehead atoms. The first-order valence-corrected chi connectivity index (χ1v) is 11.8. The maximum absolute atomic E-state index is 12.9. The van der Waals surface area contributed by atoms with E-state index in [1.807, 2.05) is 31.2 Å². The fourth-order valence-electron chi connectivity index (χ4n) is 3.56. The molecular weight excluding hydrogens is 470 g/mol. The van der Waals surface area contributed by atoms with Crippen LogP contribution in [0.15, 0.2) is 83.1 Å². The number of hydrogen-bond acceptors (Lipinski definition) is 6. The molecule has 1 aliphatic heterocycles. The quantitative estimate of drug-likeness (QED) is 0.375. The monoisotopic (exact) mass is 493 g/mol. The van der Waals surface area contributed by atoms with E-state index in [9.17, 15) is 14.9 Å². The van der Waals surface area contributed by atoms with Gasteiger partial charge in [0.2, 0.25) is 5.91 Å². The molecule has 0 saturated heterocycles. The maximum Gasteiger partial charge on any atom is 0.337 e. The van der Waals surface area contributed by atoms with Crippen LogP contribution in [0.2, 0.25) is 5.02 Å². The molecule has 0 radical (unpaired) electrons. The summed E-state index contributed by atoms with van der Waals surface area (Å²) in [6.45, 7) is 7.32. The van der Waals surface area contributed by atoms with Gasteiger partial charge >= 0.3 is 5.97 Å². The van der Waals surface area contributed by atoms with Gasteiger partial charge in [0.25, 0.3) is 0 Å². The molecule has 0 aliphatic carbocycles. The summed E-state index contributed by atoms with van der Waals surface area (Å²) in [5.41, 5.74) is 3.67. The molecular formula is C26H24ClN3O3S. The summed E-state index contributed by atoms with van der Waals surface area (Å²) < 4.78 is 5.29. The van der Waals surface area contributed by atoms with E-state index in [2.05, 4.69) is 23.3 Å². The number of esters is 1. The third-order valence-electron chi connectivity index (χ3n) is 5.05. The second kappa shape index (κ2) is 11.6. The highest BCUT2D eigenvalue weighted by atomic mass is 35.5. The second-order valence-corrected chi connectivity index (χ2v) is 9.02. The van der Waals surface area contributed by atoms with Gasteiger partial charge in [0, 0.05) is 16.4 Å². The molecule has 0 saturated carbocycles. The van der Waals surface area contributed by atoms with Crippen LogP contribution in [0, 0.1) is 18.3 Å². The van der Waals surface area contributed by atoms with Crippen molar-refractivity contribution in [2.45, 2.75) is 19.8 Å². The molecule has 0 spiro atoms. The molecule has 6 nitrogen and oxygen atoms in total. The molecule has 0 aromatic heterocycles. The van der Waals surface area contributed by atoms with Crippen LogP contribution >= 0.6 is 23.4 Å². The van der Waals surface area contributed by atoms with Gasteiger partial charge in [0.05, 0.1) is 33.9 Å². The first-order chi connectivity index (χ1) is 16.3. The Morgan fingerprint density at radius 2 is 2.00 bits per heavy atom. The van der Waals surface area contributed by atoms with E-state index < -0.39 is 11.9 Å². The Balaban J connectivity index is 1.89. The normalized spacial score (nSPS) is 15.3. The van der Waals surface area contributed by atoms with Gasteiger partial charge in [-0.25, -0.2) is 4.79 Å². The Bertz CT molecular complexity index is 1210. The average molecular weight is 494 g/mol. The van der Waals surface area contributed by atoms with Gasteiger partial charge in [-0.05, 0) is 49.2 Å². The number of thioether (sulfide) groups is 1. The van der Waals surface area contributed by atoms with Crippen molar-refractivity contribution in [3.63, 3.8) is 0 Å². The minimum absolute atomic E-state index is 0.0509. The number of ether oxygens (including phenoxy) is 1. The van der Waals surface area contributed by atoms with Crippen LogP contribution in [-0.2, 0) is 14.3 Å². The fourth-order valence-corrected chi connectivity index (χ4v) is 4.57. The van der Waals surface area contributed by atoms with E-state index >= 15 is 0 Å². The summed E-state index contributed by atoms with van der Waals surface area (Å²) in [6, 6.07) is 16.7. The molecule has 2 aromatic rings.